The molecule has 162 valence electrons. The van der Waals surface area contributed by atoms with Gasteiger partial charge in [-0.1, -0.05) is 25.0 Å². The number of aryl methyl sites for hydroxylation is 1. The Balaban J connectivity index is 1.47. The van der Waals surface area contributed by atoms with E-state index in [1.807, 2.05) is 6.07 Å². The molecule has 2 unspecified atom stereocenters. The smallest absolute Gasteiger partial charge is 0.161 e. The SMILES string of the molecule is Cc1cc(-c2ccc(C3CCCC(C4CCC(S)CC4)CC3)cc2F)cc(F)c1F. The van der Waals surface area contributed by atoms with Crippen LogP contribution in [0.5, 0.6) is 0 Å². The van der Waals surface area contributed by atoms with Crippen molar-refractivity contribution in [2.75, 3.05) is 0 Å². The summed E-state index contributed by atoms with van der Waals surface area (Å²) in [6.45, 7) is 1.50. The Hall–Kier alpha value is -1.42. The van der Waals surface area contributed by atoms with Crippen LogP contribution in [0.25, 0.3) is 11.1 Å². The highest BCUT2D eigenvalue weighted by Gasteiger charge is 2.29. The monoisotopic (exact) mass is 432 g/mol. The molecule has 0 aromatic heterocycles. The second-order valence-corrected chi connectivity index (χ2v) is 10.1. The van der Waals surface area contributed by atoms with Crippen LogP contribution in [0.2, 0.25) is 0 Å². The number of thiol groups is 1. The Morgan fingerprint density at radius 1 is 0.767 bits per heavy atom. The Morgan fingerprint density at radius 2 is 1.47 bits per heavy atom. The van der Waals surface area contributed by atoms with Gasteiger partial charge in [0, 0.05) is 10.8 Å². The molecule has 0 spiro atoms. The molecule has 0 saturated heterocycles. The van der Waals surface area contributed by atoms with Gasteiger partial charge in [0.05, 0.1) is 0 Å². The third kappa shape index (κ3) is 4.74. The van der Waals surface area contributed by atoms with Gasteiger partial charge >= 0.3 is 0 Å². The first-order valence-corrected chi connectivity index (χ1v) is 11.9. The summed E-state index contributed by atoms with van der Waals surface area (Å²) in [6.07, 6.45) is 11.0. The lowest BCUT2D eigenvalue weighted by Crippen LogP contribution is -2.21. The molecule has 4 rings (SSSR count). The zero-order chi connectivity index (χ0) is 21.3. The molecule has 2 atom stereocenters. The second-order valence-electron chi connectivity index (χ2n) is 9.36. The summed E-state index contributed by atoms with van der Waals surface area (Å²) in [5.41, 5.74) is 1.94. The number of hydrogen-bond acceptors (Lipinski definition) is 1. The number of rotatable bonds is 3. The predicted octanol–water partition coefficient (Wildman–Crippen LogP) is 8.23. The summed E-state index contributed by atoms with van der Waals surface area (Å²) in [5.74, 6) is -0.146. The van der Waals surface area contributed by atoms with Gasteiger partial charge in [-0.05, 0) is 105 Å². The van der Waals surface area contributed by atoms with E-state index in [1.54, 1.807) is 12.1 Å². The highest BCUT2D eigenvalue weighted by Crippen LogP contribution is 2.42. The van der Waals surface area contributed by atoms with E-state index in [4.69, 9.17) is 0 Å². The van der Waals surface area contributed by atoms with E-state index in [1.165, 1.54) is 57.9 Å². The maximum Gasteiger partial charge on any atom is 0.161 e. The third-order valence-corrected chi connectivity index (χ3v) is 7.92. The minimum atomic E-state index is -0.935. The van der Waals surface area contributed by atoms with Crippen LogP contribution in [0.15, 0.2) is 30.3 Å². The first-order valence-electron chi connectivity index (χ1n) is 11.4. The van der Waals surface area contributed by atoms with Crippen molar-refractivity contribution >= 4 is 12.6 Å². The molecular weight excluding hydrogens is 401 g/mol. The molecule has 2 aliphatic rings. The number of halogens is 3. The molecule has 2 aromatic rings. The molecule has 4 heteroatoms. The summed E-state index contributed by atoms with van der Waals surface area (Å²) >= 11 is 4.63. The van der Waals surface area contributed by atoms with E-state index in [0.29, 0.717) is 22.3 Å². The van der Waals surface area contributed by atoms with Crippen LogP contribution in [-0.4, -0.2) is 5.25 Å². The van der Waals surface area contributed by atoms with Crippen LogP contribution < -0.4 is 0 Å². The van der Waals surface area contributed by atoms with Gasteiger partial charge < -0.3 is 0 Å². The van der Waals surface area contributed by atoms with Crippen LogP contribution in [0.3, 0.4) is 0 Å². The van der Waals surface area contributed by atoms with E-state index in [9.17, 15) is 13.2 Å². The summed E-state index contributed by atoms with van der Waals surface area (Å²) in [7, 11) is 0. The minimum Gasteiger partial charge on any atom is -0.206 e. The van der Waals surface area contributed by atoms with Crippen LogP contribution >= 0.6 is 12.6 Å². The zero-order valence-corrected chi connectivity index (χ0v) is 18.5. The maximum absolute atomic E-state index is 14.9. The van der Waals surface area contributed by atoms with Crippen molar-refractivity contribution in [3.63, 3.8) is 0 Å². The topological polar surface area (TPSA) is 0 Å². The first-order chi connectivity index (χ1) is 14.4. The van der Waals surface area contributed by atoms with Crippen LogP contribution in [0, 0.1) is 36.2 Å². The molecule has 0 aliphatic heterocycles. The van der Waals surface area contributed by atoms with E-state index in [-0.39, 0.29) is 11.4 Å². The van der Waals surface area contributed by atoms with Gasteiger partial charge in [-0.3, -0.25) is 0 Å². The fraction of sp³-hybridized carbons (Fsp3) is 0.538. The molecule has 0 heterocycles. The lowest BCUT2D eigenvalue weighted by Gasteiger charge is -2.32. The fourth-order valence-corrected chi connectivity index (χ4v) is 5.91. The van der Waals surface area contributed by atoms with E-state index >= 15 is 0 Å². The van der Waals surface area contributed by atoms with Gasteiger partial charge in [-0.15, -0.1) is 0 Å². The van der Waals surface area contributed by atoms with Gasteiger partial charge in [-0.2, -0.15) is 12.6 Å². The molecule has 2 saturated carbocycles. The Labute approximate surface area is 183 Å². The maximum atomic E-state index is 14.9. The van der Waals surface area contributed by atoms with E-state index in [0.717, 1.165) is 36.3 Å². The van der Waals surface area contributed by atoms with E-state index in [2.05, 4.69) is 12.6 Å². The molecule has 30 heavy (non-hydrogen) atoms. The molecule has 0 radical (unpaired) electrons. The summed E-state index contributed by atoms with van der Waals surface area (Å²) < 4.78 is 42.3. The number of benzene rings is 2. The van der Waals surface area contributed by atoms with Crippen LogP contribution in [-0.2, 0) is 0 Å². The normalized spacial score (nSPS) is 27.6. The van der Waals surface area contributed by atoms with Crippen molar-refractivity contribution in [1.29, 1.82) is 0 Å². The van der Waals surface area contributed by atoms with Crippen molar-refractivity contribution in [2.24, 2.45) is 11.8 Å². The quantitative estimate of drug-likeness (QED) is 0.366. The van der Waals surface area contributed by atoms with Crippen LogP contribution in [0.1, 0.15) is 74.8 Å². The standard InChI is InChI=1S/C26H31F3S/c1-16-13-21(15-25(28)26(16)29)23-12-9-20(14-24(23)27)18-4-2-3-17(5-6-18)19-7-10-22(30)11-8-19/h9,12-15,17-19,22,30H,2-8,10-11H2,1H3. The average molecular weight is 433 g/mol. The molecule has 0 N–H and O–H groups in total. The van der Waals surface area contributed by atoms with Gasteiger partial charge in [0.1, 0.15) is 5.82 Å². The third-order valence-electron chi connectivity index (χ3n) is 7.41. The molecule has 0 nitrogen and oxygen atoms in total. The molecule has 2 aliphatic carbocycles. The first kappa shape index (κ1) is 21.8. The average Bonchev–Trinajstić information content (AvgIpc) is 2.98. The van der Waals surface area contributed by atoms with Crippen LogP contribution in [0.4, 0.5) is 13.2 Å². The molecule has 2 aromatic carbocycles. The van der Waals surface area contributed by atoms with Crippen molar-refractivity contribution in [1.82, 2.24) is 0 Å². The minimum absolute atomic E-state index is 0.190. The largest absolute Gasteiger partial charge is 0.206 e. The van der Waals surface area contributed by atoms with Gasteiger partial charge in [-0.25, -0.2) is 13.2 Å². The molecule has 0 amide bonds. The highest BCUT2D eigenvalue weighted by molar-refractivity contribution is 7.80. The van der Waals surface area contributed by atoms with Gasteiger partial charge in [0.15, 0.2) is 11.6 Å². The Morgan fingerprint density at radius 3 is 2.17 bits per heavy atom. The summed E-state index contributed by atoms with van der Waals surface area (Å²) in [4.78, 5) is 0. The number of hydrogen-bond donors (Lipinski definition) is 1. The zero-order valence-electron chi connectivity index (χ0n) is 17.6. The molecule has 2 fully saturated rings. The summed E-state index contributed by atoms with van der Waals surface area (Å²) in [6, 6.07) is 7.91. The van der Waals surface area contributed by atoms with Crippen molar-refractivity contribution in [3.05, 3.63) is 58.9 Å². The van der Waals surface area contributed by atoms with Crippen molar-refractivity contribution < 1.29 is 13.2 Å². The Bertz CT molecular complexity index is 863. The van der Waals surface area contributed by atoms with Gasteiger partial charge in [0.2, 0.25) is 0 Å². The fourth-order valence-electron chi connectivity index (χ4n) is 5.61. The molecule has 0 bridgehead atoms. The van der Waals surface area contributed by atoms with E-state index < -0.39 is 11.6 Å². The molecular formula is C26H31F3S. The lowest BCUT2D eigenvalue weighted by atomic mass is 9.76. The van der Waals surface area contributed by atoms with Crippen molar-refractivity contribution in [2.45, 2.75) is 75.9 Å². The Kier molecular flexibility index (Phi) is 6.81. The van der Waals surface area contributed by atoms with Gasteiger partial charge in [0.25, 0.3) is 0 Å². The highest BCUT2D eigenvalue weighted by atomic mass is 32.1. The lowest BCUT2D eigenvalue weighted by molar-refractivity contribution is 0.230. The van der Waals surface area contributed by atoms with Crippen molar-refractivity contribution in [3.8, 4) is 11.1 Å². The second kappa shape index (κ2) is 9.38. The predicted molar refractivity (Wildman–Crippen MR) is 121 cm³/mol. The summed E-state index contributed by atoms with van der Waals surface area (Å²) in [5, 5.41) is 0.583.